The number of allylic oxidation sites excluding steroid dienone is 2. The summed E-state index contributed by atoms with van der Waals surface area (Å²) in [4.78, 5) is 1.44. The van der Waals surface area contributed by atoms with Gasteiger partial charge in [-0.15, -0.1) is 5.73 Å². The maximum Gasteiger partial charge on any atom is 0.231 e. The Bertz CT molecular complexity index is 611. The van der Waals surface area contributed by atoms with Gasteiger partial charge in [-0.2, -0.15) is 8.78 Å². The largest absolute Gasteiger partial charge is 0.454 e. The first-order chi connectivity index (χ1) is 9.08. The van der Waals surface area contributed by atoms with E-state index in [0.717, 1.165) is 5.57 Å². The normalized spacial score (nSPS) is 17.3. The van der Waals surface area contributed by atoms with Gasteiger partial charge in [0, 0.05) is 12.6 Å². The van der Waals surface area contributed by atoms with E-state index in [1.54, 1.807) is 6.08 Å². The molecular formula is C13H10F2N2O2. The van der Waals surface area contributed by atoms with Crippen molar-refractivity contribution >= 4 is 5.69 Å². The number of hydrogen-bond acceptors (Lipinski definition) is 3. The highest BCUT2D eigenvalue weighted by Crippen LogP contribution is 2.41. The summed E-state index contributed by atoms with van der Waals surface area (Å²) < 4.78 is 37.4. The highest BCUT2D eigenvalue weighted by molar-refractivity contribution is 5.67. The topological polar surface area (TPSA) is 44.0 Å². The van der Waals surface area contributed by atoms with Gasteiger partial charge in [0.15, 0.2) is 17.3 Å². The first kappa shape index (κ1) is 11.8. The molecule has 98 valence electrons. The number of halogens is 2. The summed E-state index contributed by atoms with van der Waals surface area (Å²) in [5.41, 5.74) is 11.1. The van der Waals surface area contributed by atoms with E-state index in [-0.39, 0.29) is 29.8 Å². The molecule has 2 radical (unpaired) electrons. The second kappa shape index (κ2) is 4.15. The van der Waals surface area contributed by atoms with Crippen molar-refractivity contribution in [3.05, 3.63) is 41.2 Å². The highest BCUT2D eigenvalue weighted by Gasteiger charge is 2.29. The Morgan fingerprint density at radius 1 is 1.21 bits per heavy atom. The second-order valence-corrected chi connectivity index (χ2v) is 4.38. The van der Waals surface area contributed by atoms with Crippen molar-refractivity contribution in [3.8, 4) is 11.5 Å². The molecule has 4 nitrogen and oxygen atoms in total. The van der Waals surface area contributed by atoms with Crippen LogP contribution in [0, 0.1) is 11.6 Å². The smallest absolute Gasteiger partial charge is 0.231 e. The van der Waals surface area contributed by atoms with Gasteiger partial charge in [-0.1, -0.05) is 11.6 Å². The predicted molar refractivity (Wildman–Crippen MR) is 63.8 cm³/mol. The molecular weight excluding hydrogens is 254 g/mol. The fourth-order valence-corrected chi connectivity index (χ4v) is 2.07. The molecule has 0 spiro atoms. The Morgan fingerprint density at radius 2 is 2.00 bits per heavy atom. The van der Waals surface area contributed by atoms with Crippen LogP contribution in [0.3, 0.4) is 0 Å². The zero-order valence-electron chi connectivity index (χ0n) is 10.1. The van der Waals surface area contributed by atoms with E-state index in [9.17, 15) is 14.5 Å². The van der Waals surface area contributed by atoms with Crippen LogP contribution in [0.25, 0.3) is 0 Å². The minimum atomic E-state index is -1.11. The second-order valence-electron chi connectivity index (χ2n) is 4.38. The molecule has 0 unspecified atom stereocenters. The van der Waals surface area contributed by atoms with Crippen LogP contribution in [0.15, 0.2) is 29.6 Å². The lowest BCUT2D eigenvalue weighted by molar-refractivity contribution is 0.123. The summed E-state index contributed by atoms with van der Waals surface area (Å²) in [5.74, 6) is -2.73. The first-order valence-electron chi connectivity index (χ1n) is 5.69. The maximum atomic E-state index is 13.8. The number of anilines is 1. The van der Waals surface area contributed by atoms with Gasteiger partial charge in [0.25, 0.3) is 0 Å². The minimum Gasteiger partial charge on any atom is -0.454 e. The fraction of sp³-hybridized carbons (Fsp3) is 0.231. The van der Waals surface area contributed by atoms with Crippen LogP contribution in [0.2, 0.25) is 0 Å². The Morgan fingerprint density at radius 3 is 2.79 bits per heavy atom. The highest BCUT2D eigenvalue weighted by atomic mass is 19.2. The predicted octanol–water partition coefficient (Wildman–Crippen LogP) is 2.37. The average molecular weight is 264 g/mol. The molecule has 3 heterocycles. The molecule has 4 rings (SSSR count). The maximum absolute atomic E-state index is 13.8. The van der Waals surface area contributed by atoms with Crippen molar-refractivity contribution in [1.29, 1.82) is 0 Å². The van der Waals surface area contributed by atoms with Gasteiger partial charge in [0.2, 0.25) is 18.4 Å². The number of fused-ring (bicyclic) bond motifs is 4. The van der Waals surface area contributed by atoms with E-state index < -0.39 is 11.6 Å². The summed E-state index contributed by atoms with van der Waals surface area (Å²) in [5, 5.41) is 0. The SMILES string of the molecule is CC1=CC=C([N])N(c2cc3c(F)c(F)c2OCO3)C1. The molecule has 6 heteroatoms. The van der Waals surface area contributed by atoms with E-state index >= 15 is 0 Å². The van der Waals surface area contributed by atoms with Crippen molar-refractivity contribution in [2.75, 3.05) is 18.2 Å². The van der Waals surface area contributed by atoms with Crippen LogP contribution in [-0.2, 0) is 0 Å². The summed E-state index contributed by atoms with van der Waals surface area (Å²) in [7, 11) is 0. The van der Waals surface area contributed by atoms with Gasteiger partial charge in [-0.3, -0.25) is 0 Å². The molecule has 1 aromatic carbocycles. The first-order valence-corrected chi connectivity index (χ1v) is 5.69. The molecule has 0 fully saturated rings. The number of benzene rings is 1. The molecule has 19 heavy (non-hydrogen) atoms. The third-order valence-electron chi connectivity index (χ3n) is 3.02. The molecule has 0 saturated carbocycles. The number of ether oxygens (including phenoxy) is 2. The molecule has 2 bridgehead atoms. The lowest BCUT2D eigenvalue weighted by Gasteiger charge is -2.27. The van der Waals surface area contributed by atoms with E-state index in [1.807, 2.05) is 6.92 Å². The van der Waals surface area contributed by atoms with E-state index in [2.05, 4.69) is 0 Å². The molecule has 1 aromatic rings. The van der Waals surface area contributed by atoms with Crippen molar-refractivity contribution in [1.82, 2.24) is 5.73 Å². The Balaban J connectivity index is 2.13. The molecule has 0 aromatic heterocycles. The molecule has 0 N–H and O–H groups in total. The summed E-state index contributed by atoms with van der Waals surface area (Å²) in [6.45, 7) is 1.97. The Labute approximate surface area is 108 Å². The summed E-state index contributed by atoms with van der Waals surface area (Å²) >= 11 is 0. The molecule has 0 aliphatic carbocycles. The van der Waals surface area contributed by atoms with Gasteiger partial charge < -0.3 is 14.4 Å². The van der Waals surface area contributed by atoms with E-state index in [0.29, 0.717) is 6.54 Å². The van der Waals surface area contributed by atoms with Gasteiger partial charge in [-0.05, 0) is 13.0 Å². The molecule has 0 saturated heterocycles. The lowest BCUT2D eigenvalue weighted by atomic mass is 10.1. The quantitative estimate of drug-likeness (QED) is 0.782. The van der Waals surface area contributed by atoms with Crippen molar-refractivity contribution < 1.29 is 18.3 Å². The van der Waals surface area contributed by atoms with Crippen molar-refractivity contribution in [2.45, 2.75) is 6.92 Å². The molecule has 3 aliphatic rings. The van der Waals surface area contributed by atoms with Gasteiger partial charge in [0.1, 0.15) is 0 Å². The number of nitrogens with zero attached hydrogens (tertiary/aromatic N) is 2. The monoisotopic (exact) mass is 264 g/mol. The van der Waals surface area contributed by atoms with Crippen molar-refractivity contribution in [3.63, 3.8) is 0 Å². The third-order valence-corrected chi connectivity index (χ3v) is 3.02. The average Bonchev–Trinajstić information content (AvgIpc) is 2.68. The molecule has 3 aliphatic heterocycles. The van der Waals surface area contributed by atoms with Crippen LogP contribution >= 0.6 is 0 Å². The molecule has 0 atom stereocenters. The minimum absolute atomic E-state index is 0.0608. The van der Waals surface area contributed by atoms with Crippen molar-refractivity contribution in [2.24, 2.45) is 0 Å². The zero-order valence-corrected chi connectivity index (χ0v) is 10.1. The lowest BCUT2D eigenvalue weighted by Crippen LogP contribution is -2.27. The van der Waals surface area contributed by atoms with Crippen LogP contribution in [-0.4, -0.2) is 13.3 Å². The van der Waals surface area contributed by atoms with Crippen LogP contribution in [0.1, 0.15) is 6.92 Å². The number of rotatable bonds is 1. The van der Waals surface area contributed by atoms with Crippen LogP contribution < -0.4 is 20.1 Å². The third kappa shape index (κ3) is 1.80. The Kier molecular flexibility index (Phi) is 2.58. The van der Waals surface area contributed by atoms with Gasteiger partial charge >= 0.3 is 0 Å². The summed E-state index contributed by atoms with van der Waals surface area (Å²) in [6, 6.07) is 1.32. The standard InChI is InChI=1S/C13H10F2N2O2/c1-7-2-3-10(16)17(5-7)8-4-9-11(14)12(15)13(8)19-6-18-9/h2-4H,5-6H2,1H3. The zero-order chi connectivity index (χ0) is 13.6. The van der Waals surface area contributed by atoms with Gasteiger partial charge in [-0.25, -0.2) is 0 Å². The Hall–Kier alpha value is -2.24. The van der Waals surface area contributed by atoms with Crippen LogP contribution in [0.5, 0.6) is 11.5 Å². The van der Waals surface area contributed by atoms with Crippen LogP contribution in [0.4, 0.5) is 14.5 Å². The van der Waals surface area contributed by atoms with E-state index in [1.165, 1.54) is 17.0 Å². The van der Waals surface area contributed by atoms with Gasteiger partial charge in [0.05, 0.1) is 5.69 Å². The van der Waals surface area contributed by atoms with E-state index in [4.69, 9.17) is 9.47 Å². The molecule has 0 amide bonds. The number of hydrogen-bond donors (Lipinski definition) is 0. The summed E-state index contributed by atoms with van der Waals surface area (Å²) in [6.07, 6.45) is 3.24. The fourth-order valence-electron chi connectivity index (χ4n) is 2.07.